The van der Waals surface area contributed by atoms with Crippen LogP contribution in [-0.2, 0) is 9.84 Å². The van der Waals surface area contributed by atoms with Crippen LogP contribution in [0.2, 0.25) is 0 Å². The Morgan fingerprint density at radius 2 is 1.81 bits per heavy atom. The molecule has 1 aliphatic rings. The van der Waals surface area contributed by atoms with E-state index in [1.165, 1.54) is 23.7 Å². The zero-order chi connectivity index (χ0) is 22.2. The van der Waals surface area contributed by atoms with Crippen LogP contribution < -0.4 is 14.4 Å². The Kier molecular flexibility index (Phi) is 5.87. The summed E-state index contributed by atoms with van der Waals surface area (Å²) in [6, 6.07) is 9.95. The summed E-state index contributed by atoms with van der Waals surface area (Å²) >= 11 is 1.29. The van der Waals surface area contributed by atoms with Gasteiger partial charge in [0.1, 0.15) is 13.2 Å². The van der Waals surface area contributed by atoms with Gasteiger partial charge in [-0.2, -0.15) is 0 Å². The van der Waals surface area contributed by atoms with Crippen molar-refractivity contribution in [2.75, 3.05) is 51.6 Å². The second-order valence-electron chi connectivity index (χ2n) is 7.52. The van der Waals surface area contributed by atoms with Crippen LogP contribution in [0.15, 0.2) is 41.3 Å². The van der Waals surface area contributed by atoms with Crippen molar-refractivity contribution < 1.29 is 22.7 Å². The van der Waals surface area contributed by atoms with E-state index < -0.39 is 9.84 Å². The molecule has 2 aromatic carbocycles. The lowest BCUT2D eigenvalue weighted by Crippen LogP contribution is -2.36. The molecule has 3 aromatic rings. The fraction of sp³-hybridized carbons (Fsp3) is 0.333. The first-order chi connectivity index (χ1) is 14.7. The molecule has 0 spiro atoms. The molecule has 1 aromatic heterocycles. The number of thiazole rings is 1. The van der Waals surface area contributed by atoms with Gasteiger partial charge in [-0.1, -0.05) is 11.3 Å². The smallest absolute Gasteiger partial charge is 0.260 e. The first kappa shape index (κ1) is 21.5. The molecule has 0 bridgehead atoms. The van der Waals surface area contributed by atoms with Gasteiger partial charge >= 0.3 is 0 Å². The summed E-state index contributed by atoms with van der Waals surface area (Å²) in [5.41, 5.74) is 1.12. The van der Waals surface area contributed by atoms with Crippen molar-refractivity contribution in [3.8, 4) is 11.5 Å². The van der Waals surface area contributed by atoms with Crippen molar-refractivity contribution >= 4 is 42.4 Å². The maximum atomic E-state index is 13.4. The Balaban J connectivity index is 1.71. The number of nitrogens with zero attached hydrogens (tertiary/aromatic N) is 3. The Hall–Kier alpha value is -2.69. The third kappa shape index (κ3) is 4.65. The van der Waals surface area contributed by atoms with Crippen LogP contribution in [0.1, 0.15) is 10.4 Å². The minimum absolute atomic E-state index is 0.207. The first-order valence-corrected chi connectivity index (χ1v) is 12.4. The van der Waals surface area contributed by atoms with E-state index in [-0.39, 0.29) is 10.8 Å². The van der Waals surface area contributed by atoms with E-state index >= 15 is 0 Å². The Morgan fingerprint density at radius 3 is 2.52 bits per heavy atom. The van der Waals surface area contributed by atoms with Gasteiger partial charge < -0.3 is 14.4 Å². The van der Waals surface area contributed by atoms with Crippen molar-refractivity contribution in [3.63, 3.8) is 0 Å². The highest BCUT2D eigenvalue weighted by Gasteiger charge is 2.24. The number of fused-ring (bicyclic) bond motifs is 2. The normalized spacial score (nSPS) is 13.5. The molecular formula is C21H23N3O5S2. The highest BCUT2D eigenvalue weighted by Crippen LogP contribution is 2.34. The molecule has 31 heavy (non-hydrogen) atoms. The molecule has 0 N–H and O–H groups in total. The first-order valence-electron chi connectivity index (χ1n) is 9.69. The molecule has 164 valence electrons. The maximum Gasteiger partial charge on any atom is 0.260 e. The van der Waals surface area contributed by atoms with Crippen LogP contribution in [0, 0.1) is 0 Å². The van der Waals surface area contributed by atoms with Gasteiger partial charge in [0.2, 0.25) is 0 Å². The maximum absolute atomic E-state index is 13.4. The molecule has 4 rings (SSSR count). The van der Waals surface area contributed by atoms with E-state index in [1.54, 1.807) is 35.2 Å². The number of rotatable bonds is 6. The van der Waals surface area contributed by atoms with E-state index in [0.29, 0.717) is 58.7 Å². The van der Waals surface area contributed by atoms with Crippen molar-refractivity contribution in [2.24, 2.45) is 0 Å². The minimum atomic E-state index is -3.33. The number of likely N-dealkylation sites (N-methyl/N-ethyl adjacent to an activating group) is 1. The van der Waals surface area contributed by atoms with Gasteiger partial charge in [-0.15, -0.1) is 0 Å². The number of ether oxygens (including phenoxy) is 2. The molecule has 0 fully saturated rings. The topological polar surface area (TPSA) is 89.0 Å². The molecule has 0 atom stereocenters. The lowest BCUT2D eigenvalue weighted by molar-refractivity contribution is 0.0984. The van der Waals surface area contributed by atoms with E-state index in [0.717, 1.165) is 0 Å². The quantitative estimate of drug-likeness (QED) is 0.558. The number of sulfone groups is 1. The van der Waals surface area contributed by atoms with Crippen molar-refractivity contribution in [1.82, 2.24) is 9.88 Å². The number of hydrogen-bond donors (Lipinski definition) is 0. The molecule has 0 radical (unpaired) electrons. The van der Waals surface area contributed by atoms with Crippen LogP contribution in [0.4, 0.5) is 5.13 Å². The Labute approximate surface area is 184 Å². The number of aromatic nitrogens is 1. The average Bonchev–Trinajstić information content (AvgIpc) is 3.15. The molecule has 1 amide bonds. The van der Waals surface area contributed by atoms with Gasteiger partial charge in [-0.05, 0) is 50.5 Å². The van der Waals surface area contributed by atoms with Gasteiger partial charge in [0.15, 0.2) is 26.5 Å². The monoisotopic (exact) mass is 461 g/mol. The lowest BCUT2D eigenvalue weighted by atomic mass is 10.1. The lowest BCUT2D eigenvalue weighted by Gasteiger charge is -2.23. The van der Waals surface area contributed by atoms with Crippen molar-refractivity contribution in [1.29, 1.82) is 0 Å². The molecular weight excluding hydrogens is 438 g/mol. The summed E-state index contributed by atoms with van der Waals surface area (Å²) in [6.45, 7) is 1.99. The van der Waals surface area contributed by atoms with Gasteiger partial charge in [-0.3, -0.25) is 9.69 Å². The van der Waals surface area contributed by atoms with Crippen LogP contribution in [-0.4, -0.2) is 70.9 Å². The predicted molar refractivity (Wildman–Crippen MR) is 120 cm³/mol. The molecule has 0 saturated heterocycles. The average molecular weight is 462 g/mol. The predicted octanol–water partition coefficient (Wildman–Crippen LogP) is 2.68. The Bertz CT molecular complexity index is 1240. The van der Waals surface area contributed by atoms with Crippen LogP contribution in [0.25, 0.3) is 10.2 Å². The van der Waals surface area contributed by atoms with Gasteiger partial charge in [-0.25, -0.2) is 13.4 Å². The van der Waals surface area contributed by atoms with Gasteiger partial charge in [0, 0.05) is 24.9 Å². The third-order valence-corrected chi connectivity index (χ3v) is 6.96. The summed E-state index contributed by atoms with van der Waals surface area (Å²) in [5, 5.41) is 0.516. The molecule has 8 nitrogen and oxygen atoms in total. The number of amides is 1. The zero-order valence-electron chi connectivity index (χ0n) is 17.5. The molecule has 0 saturated carbocycles. The highest BCUT2D eigenvalue weighted by molar-refractivity contribution is 7.90. The minimum Gasteiger partial charge on any atom is -0.486 e. The molecule has 1 aliphatic heterocycles. The summed E-state index contributed by atoms with van der Waals surface area (Å²) in [5.74, 6) is 0.962. The fourth-order valence-corrected chi connectivity index (χ4v) is 4.91. The summed E-state index contributed by atoms with van der Waals surface area (Å²) in [4.78, 5) is 21.9. The number of carbonyl (C=O) groups excluding carboxylic acids is 1. The van der Waals surface area contributed by atoms with Crippen LogP contribution in [0.5, 0.6) is 11.5 Å². The van der Waals surface area contributed by atoms with Crippen LogP contribution in [0.3, 0.4) is 0 Å². The largest absolute Gasteiger partial charge is 0.486 e. The number of carbonyl (C=O) groups is 1. The summed E-state index contributed by atoms with van der Waals surface area (Å²) in [6.07, 6.45) is 1.17. The summed E-state index contributed by atoms with van der Waals surface area (Å²) < 4.78 is 35.7. The fourth-order valence-electron chi connectivity index (χ4n) is 3.16. The number of hydrogen-bond acceptors (Lipinski definition) is 8. The molecule has 0 aliphatic carbocycles. The Morgan fingerprint density at radius 1 is 1.06 bits per heavy atom. The number of anilines is 1. The van der Waals surface area contributed by atoms with E-state index in [9.17, 15) is 13.2 Å². The van der Waals surface area contributed by atoms with Crippen molar-refractivity contribution in [2.45, 2.75) is 4.90 Å². The zero-order valence-corrected chi connectivity index (χ0v) is 19.1. The van der Waals surface area contributed by atoms with Gasteiger partial charge in [0.05, 0.1) is 15.1 Å². The second kappa shape index (κ2) is 8.45. The molecule has 2 heterocycles. The highest BCUT2D eigenvalue weighted by atomic mass is 32.2. The van der Waals surface area contributed by atoms with Gasteiger partial charge in [0.25, 0.3) is 5.91 Å². The van der Waals surface area contributed by atoms with E-state index in [4.69, 9.17) is 9.47 Å². The second-order valence-corrected chi connectivity index (χ2v) is 10.5. The molecule has 0 unspecified atom stereocenters. The summed E-state index contributed by atoms with van der Waals surface area (Å²) in [7, 11) is 0.539. The number of benzene rings is 2. The SMILES string of the molecule is CN(C)CCN(C(=O)c1ccc2c(c1)OCCO2)c1nc2ccc(S(C)(=O)=O)cc2s1. The third-order valence-electron chi connectivity index (χ3n) is 4.81. The van der Waals surface area contributed by atoms with E-state index in [1.807, 2.05) is 19.0 Å². The molecule has 10 heteroatoms. The van der Waals surface area contributed by atoms with Crippen LogP contribution >= 0.6 is 11.3 Å². The van der Waals surface area contributed by atoms with E-state index in [2.05, 4.69) is 4.98 Å². The van der Waals surface area contributed by atoms with Crippen molar-refractivity contribution in [3.05, 3.63) is 42.0 Å². The standard InChI is InChI=1S/C21H23N3O5S2/c1-23(2)8-9-24(20(25)14-4-7-17-18(12-14)29-11-10-28-17)21-22-16-6-5-15(31(3,26)27)13-19(16)30-21/h4-7,12-13H,8-11H2,1-3H3.